The van der Waals surface area contributed by atoms with E-state index in [4.69, 9.17) is 9.47 Å². The molecule has 0 saturated heterocycles. The Morgan fingerprint density at radius 3 is 2.45 bits per heavy atom. The molecule has 0 aliphatic heterocycles. The van der Waals surface area contributed by atoms with Gasteiger partial charge in [-0.3, -0.25) is 0 Å². The fourth-order valence-corrected chi connectivity index (χ4v) is 2.50. The van der Waals surface area contributed by atoms with E-state index in [0.29, 0.717) is 5.76 Å². The highest BCUT2D eigenvalue weighted by molar-refractivity contribution is 5.41. The summed E-state index contributed by atoms with van der Waals surface area (Å²) < 4.78 is 10.7. The van der Waals surface area contributed by atoms with Gasteiger partial charge < -0.3 is 14.6 Å². The average Bonchev–Trinajstić information content (AvgIpc) is 2.49. The van der Waals surface area contributed by atoms with Gasteiger partial charge in [-0.15, -0.1) is 6.58 Å². The number of hydrogen-bond donors (Lipinski definition) is 1. The smallest absolute Gasteiger partial charge is 0.129 e. The molecule has 0 bridgehead atoms. The van der Waals surface area contributed by atoms with Gasteiger partial charge in [-0.1, -0.05) is 36.4 Å². The molecule has 106 valence electrons. The van der Waals surface area contributed by atoms with E-state index in [0.717, 1.165) is 11.1 Å². The van der Waals surface area contributed by atoms with Crippen molar-refractivity contribution in [3.8, 4) is 0 Å². The largest absolute Gasteiger partial charge is 0.498 e. The summed E-state index contributed by atoms with van der Waals surface area (Å²) in [5.74, 6) is 0.516. The van der Waals surface area contributed by atoms with E-state index in [-0.39, 0.29) is 12.0 Å². The Morgan fingerprint density at radius 2 is 1.90 bits per heavy atom. The zero-order valence-electron chi connectivity index (χ0n) is 11.8. The van der Waals surface area contributed by atoms with Crippen molar-refractivity contribution < 1.29 is 14.6 Å². The molecule has 2 rings (SSSR count). The summed E-state index contributed by atoms with van der Waals surface area (Å²) in [5.41, 5.74) is 2.10. The van der Waals surface area contributed by atoms with Crippen LogP contribution in [0.2, 0.25) is 0 Å². The maximum absolute atomic E-state index is 10.1. The molecular weight excluding hydrogens is 252 g/mol. The molecule has 0 amide bonds. The van der Waals surface area contributed by atoms with Crippen LogP contribution in [0.25, 0.3) is 0 Å². The molecule has 1 aliphatic carbocycles. The Morgan fingerprint density at radius 1 is 1.20 bits per heavy atom. The third-order valence-corrected chi connectivity index (χ3v) is 3.53. The Balaban J connectivity index is 2.37. The molecule has 3 heteroatoms. The molecular formula is C17H20O3. The predicted octanol–water partition coefficient (Wildman–Crippen LogP) is 2.80. The van der Waals surface area contributed by atoms with Gasteiger partial charge in [0.15, 0.2) is 0 Å². The van der Waals surface area contributed by atoms with Crippen molar-refractivity contribution >= 4 is 0 Å². The van der Waals surface area contributed by atoms with E-state index < -0.39 is 6.10 Å². The summed E-state index contributed by atoms with van der Waals surface area (Å²) in [5, 5.41) is 10.1. The average molecular weight is 272 g/mol. The molecule has 0 saturated carbocycles. The number of aliphatic hydroxyl groups is 1. The summed E-state index contributed by atoms with van der Waals surface area (Å²) in [6.07, 6.45) is 4.49. The lowest BCUT2D eigenvalue weighted by Gasteiger charge is -2.28. The number of allylic oxidation sites excluding steroid dienone is 1. The minimum absolute atomic E-state index is 0.00505. The van der Waals surface area contributed by atoms with Gasteiger partial charge in [-0.05, 0) is 23.3 Å². The van der Waals surface area contributed by atoms with Crippen LogP contribution >= 0.6 is 0 Å². The third-order valence-electron chi connectivity index (χ3n) is 3.53. The van der Waals surface area contributed by atoms with Gasteiger partial charge in [-0.25, -0.2) is 0 Å². The van der Waals surface area contributed by atoms with Crippen LogP contribution in [0.3, 0.4) is 0 Å². The highest BCUT2D eigenvalue weighted by Crippen LogP contribution is 2.33. The number of benzene rings is 1. The van der Waals surface area contributed by atoms with Crippen LogP contribution in [-0.4, -0.2) is 31.5 Å². The first kappa shape index (κ1) is 14.6. The maximum Gasteiger partial charge on any atom is 0.129 e. The molecule has 1 aromatic rings. The van der Waals surface area contributed by atoms with Gasteiger partial charge in [0.2, 0.25) is 0 Å². The van der Waals surface area contributed by atoms with Crippen molar-refractivity contribution in [2.24, 2.45) is 0 Å². The Kier molecular flexibility index (Phi) is 4.77. The lowest BCUT2D eigenvalue weighted by atomic mass is 9.84. The molecule has 1 aliphatic rings. The summed E-state index contributed by atoms with van der Waals surface area (Å²) in [7, 11) is 3.19. The number of methoxy groups -OCH3 is 2. The van der Waals surface area contributed by atoms with E-state index in [1.54, 1.807) is 26.4 Å². The van der Waals surface area contributed by atoms with E-state index >= 15 is 0 Å². The molecule has 3 atom stereocenters. The van der Waals surface area contributed by atoms with Crippen LogP contribution in [-0.2, 0) is 9.47 Å². The summed E-state index contributed by atoms with van der Waals surface area (Å²) in [6.45, 7) is 3.92. The van der Waals surface area contributed by atoms with Gasteiger partial charge >= 0.3 is 0 Å². The molecule has 0 radical (unpaired) electrons. The van der Waals surface area contributed by atoms with Gasteiger partial charge in [0.1, 0.15) is 18.0 Å². The van der Waals surface area contributed by atoms with E-state index in [2.05, 4.69) is 6.58 Å². The van der Waals surface area contributed by atoms with Crippen molar-refractivity contribution in [2.45, 2.75) is 18.1 Å². The second-order valence-electron chi connectivity index (χ2n) is 4.67. The maximum atomic E-state index is 10.1. The molecule has 3 nitrogen and oxygen atoms in total. The molecule has 0 aromatic heterocycles. The van der Waals surface area contributed by atoms with E-state index in [9.17, 15) is 5.11 Å². The van der Waals surface area contributed by atoms with Gasteiger partial charge in [0, 0.05) is 13.0 Å². The standard InChI is InChI=1S/C17H20O3/c1-4-13(12-8-6-5-7-9-12)14-10-15(18)17(20-3)11-16(14)19-2/h4-11,13,15-16,18H,1H2,2-3H3. The summed E-state index contributed by atoms with van der Waals surface area (Å²) >= 11 is 0. The zero-order valence-corrected chi connectivity index (χ0v) is 11.8. The Bertz CT molecular complexity index is 516. The minimum atomic E-state index is -0.743. The van der Waals surface area contributed by atoms with Crippen LogP contribution in [0.4, 0.5) is 0 Å². The minimum Gasteiger partial charge on any atom is -0.498 e. The van der Waals surface area contributed by atoms with Crippen molar-refractivity contribution in [3.63, 3.8) is 0 Å². The number of hydrogen-bond acceptors (Lipinski definition) is 3. The van der Waals surface area contributed by atoms with Crippen LogP contribution in [0, 0.1) is 0 Å². The summed E-state index contributed by atoms with van der Waals surface area (Å²) in [6, 6.07) is 10.0. The SMILES string of the molecule is C=CC(C1=CC(O)C(OC)=CC1OC)c1ccccc1. The van der Waals surface area contributed by atoms with Crippen molar-refractivity contribution in [2.75, 3.05) is 14.2 Å². The third kappa shape index (κ3) is 2.84. The first-order valence-electron chi connectivity index (χ1n) is 6.57. The second kappa shape index (κ2) is 6.55. The lowest BCUT2D eigenvalue weighted by Crippen LogP contribution is -2.26. The topological polar surface area (TPSA) is 38.7 Å². The van der Waals surface area contributed by atoms with Crippen LogP contribution in [0.5, 0.6) is 0 Å². The van der Waals surface area contributed by atoms with Crippen molar-refractivity contribution in [3.05, 3.63) is 72.0 Å². The molecule has 0 heterocycles. The highest BCUT2D eigenvalue weighted by atomic mass is 16.5. The van der Waals surface area contributed by atoms with Crippen molar-refractivity contribution in [1.29, 1.82) is 0 Å². The van der Waals surface area contributed by atoms with Crippen LogP contribution in [0.15, 0.2) is 66.5 Å². The highest BCUT2D eigenvalue weighted by Gasteiger charge is 2.28. The molecule has 1 aromatic carbocycles. The van der Waals surface area contributed by atoms with Crippen LogP contribution in [0.1, 0.15) is 11.5 Å². The summed E-state index contributed by atoms with van der Waals surface area (Å²) in [4.78, 5) is 0. The number of rotatable bonds is 5. The van der Waals surface area contributed by atoms with Gasteiger partial charge in [0.05, 0.1) is 7.11 Å². The molecule has 20 heavy (non-hydrogen) atoms. The molecule has 0 fully saturated rings. The monoisotopic (exact) mass is 272 g/mol. The second-order valence-corrected chi connectivity index (χ2v) is 4.67. The quantitative estimate of drug-likeness (QED) is 0.838. The van der Waals surface area contributed by atoms with Gasteiger partial charge in [0.25, 0.3) is 0 Å². The fraction of sp³-hybridized carbons (Fsp3) is 0.294. The Labute approximate surface area is 119 Å². The molecule has 0 spiro atoms. The fourth-order valence-electron chi connectivity index (χ4n) is 2.50. The van der Waals surface area contributed by atoms with E-state index in [1.165, 1.54) is 0 Å². The predicted molar refractivity (Wildman–Crippen MR) is 79.4 cm³/mol. The van der Waals surface area contributed by atoms with Gasteiger partial charge in [-0.2, -0.15) is 0 Å². The zero-order chi connectivity index (χ0) is 14.5. The van der Waals surface area contributed by atoms with Crippen LogP contribution < -0.4 is 0 Å². The Hall–Kier alpha value is -1.84. The number of aliphatic hydroxyl groups excluding tert-OH is 1. The van der Waals surface area contributed by atoms with E-state index in [1.807, 2.05) is 36.4 Å². The van der Waals surface area contributed by atoms with Crippen molar-refractivity contribution in [1.82, 2.24) is 0 Å². The normalized spacial score (nSPS) is 23.6. The lowest BCUT2D eigenvalue weighted by molar-refractivity contribution is 0.122. The first-order chi connectivity index (χ1) is 9.71. The number of ether oxygens (including phenoxy) is 2. The molecule has 1 N–H and O–H groups in total. The first-order valence-corrected chi connectivity index (χ1v) is 6.57. The molecule has 3 unspecified atom stereocenters.